The molecular formula is C13H19FN2O. The first-order chi connectivity index (χ1) is 8.04. The molecule has 1 aromatic rings. The molecule has 4 heteroatoms. The summed E-state index contributed by atoms with van der Waals surface area (Å²) in [6.45, 7) is 1.66. The van der Waals surface area contributed by atoms with Crippen molar-refractivity contribution in [2.75, 3.05) is 19.3 Å². The lowest BCUT2D eigenvalue weighted by atomic mass is 9.82. The average Bonchev–Trinajstić information content (AvgIpc) is 2.21. The Balaban J connectivity index is 1.85. The Morgan fingerprint density at radius 1 is 1.47 bits per heavy atom. The number of aliphatic hydroxyl groups excluding tert-OH is 1. The van der Waals surface area contributed by atoms with Crippen LogP contribution < -0.4 is 5.73 Å². The molecule has 0 atom stereocenters. The molecule has 1 aromatic carbocycles. The van der Waals surface area contributed by atoms with Crippen molar-refractivity contribution >= 4 is 5.69 Å². The minimum Gasteiger partial charge on any atom is -0.396 e. The van der Waals surface area contributed by atoms with Gasteiger partial charge >= 0.3 is 0 Å². The second-order valence-corrected chi connectivity index (χ2v) is 5.04. The second kappa shape index (κ2) is 5.02. The van der Waals surface area contributed by atoms with Crippen LogP contribution in [0.5, 0.6) is 0 Å². The molecule has 17 heavy (non-hydrogen) atoms. The van der Waals surface area contributed by atoms with Gasteiger partial charge in [-0.05, 0) is 43.5 Å². The van der Waals surface area contributed by atoms with E-state index < -0.39 is 0 Å². The summed E-state index contributed by atoms with van der Waals surface area (Å²) in [4.78, 5) is 2.15. The first-order valence-corrected chi connectivity index (χ1v) is 5.95. The molecule has 3 nitrogen and oxygen atoms in total. The van der Waals surface area contributed by atoms with Gasteiger partial charge in [-0.2, -0.15) is 0 Å². The smallest absolute Gasteiger partial charge is 0.146 e. The quantitative estimate of drug-likeness (QED) is 0.783. The molecule has 1 saturated carbocycles. The number of aliphatic hydroxyl groups is 1. The third-order valence-electron chi connectivity index (χ3n) is 3.30. The lowest BCUT2D eigenvalue weighted by molar-refractivity contribution is 0.0274. The standard InChI is InChI=1S/C13H19FN2O/c1-16(8-10-4-11(17)5-10)7-9-2-3-13(15)12(14)6-9/h2-3,6,10-11,17H,4-5,7-8,15H2,1H3. The van der Waals surface area contributed by atoms with E-state index in [1.807, 2.05) is 13.1 Å². The highest BCUT2D eigenvalue weighted by atomic mass is 19.1. The number of rotatable bonds is 4. The zero-order valence-corrected chi connectivity index (χ0v) is 10.1. The summed E-state index contributed by atoms with van der Waals surface area (Å²) in [6, 6.07) is 4.94. The number of nitrogen functional groups attached to an aromatic ring is 1. The van der Waals surface area contributed by atoms with Crippen molar-refractivity contribution in [1.82, 2.24) is 4.90 Å². The topological polar surface area (TPSA) is 49.5 Å². The molecule has 3 N–H and O–H groups in total. The average molecular weight is 238 g/mol. The summed E-state index contributed by atoms with van der Waals surface area (Å²) in [5.41, 5.74) is 6.55. The molecule has 0 spiro atoms. The van der Waals surface area contributed by atoms with Crippen LogP contribution in [0.1, 0.15) is 18.4 Å². The van der Waals surface area contributed by atoms with E-state index in [9.17, 15) is 9.50 Å². The van der Waals surface area contributed by atoms with E-state index in [1.54, 1.807) is 6.07 Å². The normalized spacial score (nSPS) is 23.8. The van der Waals surface area contributed by atoms with E-state index in [2.05, 4.69) is 4.90 Å². The zero-order valence-electron chi connectivity index (χ0n) is 10.1. The van der Waals surface area contributed by atoms with E-state index in [0.717, 1.165) is 24.9 Å². The van der Waals surface area contributed by atoms with Crippen molar-refractivity contribution in [1.29, 1.82) is 0 Å². The minimum absolute atomic E-state index is 0.109. The van der Waals surface area contributed by atoms with Gasteiger partial charge in [0.05, 0.1) is 11.8 Å². The molecule has 1 aliphatic carbocycles. The van der Waals surface area contributed by atoms with Crippen molar-refractivity contribution in [3.8, 4) is 0 Å². The highest BCUT2D eigenvalue weighted by molar-refractivity contribution is 5.41. The molecule has 0 radical (unpaired) electrons. The van der Waals surface area contributed by atoms with Crippen LogP contribution in [0.15, 0.2) is 18.2 Å². The number of hydrogen-bond acceptors (Lipinski definition) is 3. The van der Waals surface area contributed by atoms with Crippen LogP contribution in [0.4, 0.5) is 10.1 Å². The second-order valence-electron chi connectivity index (χ2n) is 5.04. The van der Waals surface area contributed by atoms with Gasteiger partial charge in [-0.15, -0.1) is 0 Å². The third-order valence-corrected chi connectivity index (χ3v) is 3.30. The van der Waals surface area contributed by atoms with Crippen LogP contribution in [-0.4, -0.2) is 29.7 Å². The van der Waals surface area contributed by atoms with Gasteiger partial charge in [0.25, 0.3) is 0 Å². The largest absolute Gasteiger partial charge is 0.396 e. The molecule has 0 aliphatic heterocycles. The lowest BCUT2D eigenvalue weighted by Gasteiger charge is -2.34. The fourth-order valence-corrected chi connectivity index (χ4v) is 2.34. The van der Waals surface area contributed by atoms with Gasteiger partial charge in [0, 0.05) is 13.1 Å². The fourth-order valence-electron chi connectivity index (χ4n) is 2.34. The van der Waals surface area contributed by atoms with E-state index in [0.29, 0.717) is 12.5 Å². The van der Waals surface area contributed by atoms with Gasteiger partial charge in [-0.25, -0.2) is 4.39 Å². The third kappa shape index (κ3) is 3.17. The maximum absolute atomic E-state index is 13.2. The van der Waals surface area contributed by atoms with Crippen LogP contribution in [0.25, 0.3) is 0 Å². The maximum atomic E-state index is 13.2. The predicted molar refractivity (Wildman–Crippen MR) is 65.9 cm³/mol. The monoisotopic (exact) mass is 238 g/mol. The summed E-state index contributed by atoms with van der Waals surface area (Å²) in [5, 5.41) is 9.21. The molecule has 0 heterocycles. The first-order valence-electron chi connectivity index (χ1n) is 5.95. The molecule has 2 rings (SSSR count). The summed E-state index contributed by atoms with van der Waals surface area (Å²) in [7, 11) is 2.01. The van der Waals surface area contributed by atoms with E-state index in [-0.39, 0.29) is 17.6 Å². The van der Waals surface area contributed by atoms with Crippen molar-refractivity contribution in [2.24, 2.45) is 5.92 Å². The number of hydrogen-bond donors (Lipinski definition) is 2. The number of halogens is 1. The summed E-state index contributed by atoms with van der Waals surface area (Å²) in [6.07, 6.45) is 1.67. The lowest BCUT2D eigenvalue weighted by Crippen LogP contribution is -2.36. The van der Waals surface area contributed by atoms with Crippen molar-refractivity contribution in [3.05, 3.63) is 29.6 Å². The van der Waals surface area contributed by atoms with E-state index >= 15 is 0 Å². The Morgan fingerprint density at radius 2 is 2.18 bits per heavy atom. The van der Waals surface area contributed by atoms with Gasteiger partial charge in [0.15, 0.2) is 0 Å². The number of anilines is 1. The van der Waals surface area contributed by atoms with Crippen molar-refractivity contribution in [2.45, 2.75) is 25.5 Å². The molecule has 0 saturated heterocycles. The number of benzene rings is 1. The van der Waals surface area contributed by atoms with E-state index in [4.69, 9.17) is 5.73 Å². The van der Waals surface area contributed by atoms with Crippen LogP contribution in [0.3, 0.4) is 0 Å². The highest BCUT2D eigenvalue weighted by Crippen LogP contribution is 2.28. The highest BCUT2D eigenvalue weighted by Gasteiger charge is 2.27. The van der Waals surface area contributed by atoms with Crippen LogP contribution in [0, 0.1) is 11.7 Å². The molecule has 1 fully saturated rings. The Labute approximate surface area is 101 Å². The van der Waals surface area contributed by atoms with Gasteiger partial charge < -0.3 is 15.7 Å². The Kier molecular flexibility index (Phi) is 3.64. The summed E-state index contributed by atoms with van der Waals surface area (Å²) >= 11 is 0. The molecule has 0 amide bonds. The molecule has 94 valence electrons. The van der Waals surface area contributed by atoms with Crippen LogP contribution >= 0.6 is 0 Å². The van der Waals surface area contributed by atoms with E-state index in [1.165, 1.54) is 6.07 Å². The minimum atomic E-state index is -0.352. The predicted octanol–water partition coefficient (Wildman–Crippen LogP) is 1.61. The molecular weight excluding hydrogens is 219 g/mol. The van der Waals surface area contributed by atoms with Gasteiger partial charge in [-0.3, -0.25) is 0 Å². The van der Waals surface area contributed by atoms with Crippen molar-refractivity contribution < 1.29 is 9.50 Å². The molecule has 0 aromatic heterocycles. The summed E-state index contributed by atoms with van der Waals surface area (Å²) in [5.74, 6) is 0.226. The van der Waals surface area contributed by atoms with Crippen molar-refractivity contribution in [3.63, 3.8) is 0 Å². The van der Waals surface area contributed by atoms with Crippen LogP contribution in [0.2, 0.25) is 0 Å². The Hall–Kier alpha value is -1.13. The van der Waals surface area contributed by atoms with Gasteiger partial charge in [-0.1, -0.05) is 6.07 Å². The number of nitrogens with two attached hydrogens (primary N) is 1. The Morgan fingerprint density at radius 3 is 2.76 bits per heavy atom. The fraction of sp³-hybridized carbons (Fsp3) is 0.538. The molecule has 1 aliphatic rings. The van der Waals surface area contributed by atoms with Crippen LogP contribution in [-0.2, 0) is 6.54 Å². The zero-order chi connectivity index (χ0) is 12.4. The maximum Gasteiger partial charge on any atom is 0.146 e. The SMILES string of the molecule is CN(Cc1ccc(N)c(F)c1)CC1CC(O)C1. The van der Waals surface area contributed by atoms with Gasteiger partial charge in [0.1, 0.15) is 5.82 Å². The molecule has 0 unspecified atom stereocenters. The first kappa shape index (κ1) is 12.3. The van der Waals surface area contributed by atoms with Gasteiger partial charge in [0.2, 0.25) is 0 Å². The number of nitrogens with zero attached hydrogens (tertiary/aromatic N) is 1. The molecule has 0 bridgehead atoms. The summed E-state index contributed by atoms with van der Waals surface area (Å²) < 4.78 is 13.2. The Bertz CT molecular complexity index is 391.